The molecule has 0 aliphatic carbocycles. The highest BCUT2D eigenvalue weighted by molar-refractivity contribution is 9.10. The second-order valence-corrected chi connectivity index (χ2v) is 7.83. The molecule has 8 heteroatoms. The number of hydrogen-bond donors (Lipinski definition) is 0. The van der Waals surface area contributed by atoms with Crippen LogP contribution in [-0.2, 0) is 6.54 Å². The third kappa shape index (κ3) is 3.96. The lowest BCUT2D eigenvalue weighted by molar-refractivity contribution is 0.102. The highest BCUT2D eigenvalue weighted by atomic mass is 79.9. The fourth-order valence-corrected chi connectivity index (χ4v) is 4.48. The van der Waals surface area contributed by atoms with Crippen LogP contribution in [-0.4, -0.2) is 33.4 Å². The number of carbonyl (C=O) groups excluding carboxylic acids is 1. The summed E-state index contributed by atoms with van der Waals surface area (Å²) in [5, 5.41) is 11.3. The van der Waals surface area contributed by atoms with E-state index in [-0.39, 0.29) is 5.78 Å². The number of Topliss-reactive ketones (excluding diaryl/α,β-unsaturated/α-hetero) is 1. The molecule has 0 saturated heterocycles. The van der Waals surface area contributed by atoms with Crippen LogP contribution in [0.1, 0.15) is 17.3 Å². The molecule has 130 valence electrons. The SMILES string of the molecule is CCn1c(SCC(=O)c2ccc(OC)c(Br)c2)nnc1-c1cccs1. The summed E-state index contributed by atoms with van der Waals surface area (Å²) in [5.41, 5.74) is 0.640. The van der Waals surface area contributed by atoms with Crippen LogP contribution in [0.25, 0.3) is 10.7 Å². The Morgan fingerprint density at radius 2 is 2.20 bits per heavy atom. The maximum absolute atomic E-state index is 12.5. The van der Waals surface area contributed by atoms with E-state index in [1.807, 2.05) is 29.0 Å². The molecule has 0 fully saturated rings. The van der Waals surface area contributed by atoms with Gasteiger partial charge in [-0.2, -0.15) is 0 Å². The third-order valence-corrected chi connectivity index (χ3v) is 6.03. The molecule has 0 N–H and O–H groups in total. The van der Waals surface area contributed by atoms with Crippen molar-refractivity contribution in [3.05, 3.63) is 45.7 Å². The monoisotopic (exact) mass is 437 g/mol. The molecule has 0 atom stereocenters. The first-order valence-corrected chi connectivity index (χ1v) is 10.3. The number of nitrogens with zero attached hydrogens (tertiary/aromatic N) is 3. The molecular formula is C17H16BrN3O2S2. The number of thiophene rings is 1. The van der Waals surface area contributed by atoms with E-state index in [4.69, 9.17) is 4.74 Å². The maximum atomic E-state index is 12.5. The molecule has 0 radical (unpaired) electrons. The molecule has 0 aliphatic rings. The molecule has 0 unspecified atom stereocenters. The van der Waals surface area contributed by atoms with Crippen LogP contribution in [0.5, 0.6) is 5.75 Å². The van der Waals surface area contributed by atoms with E-state index < -0.39 is 0 Å². The summed E-state index contributed by atoms with van der Waals surface area (Å²) >= 11 is 6.45. The van der Waals surface area contributed by atoms with Crippen molar-refractivity contribution >= 4 is 44.8 Å². The van der Waals surface area contributed by atoms with Crippen LogP contribution >= 0.6 is 39.0 Å². The lowest BCUT2D eigenvalue weighted by atomic mass is 10.1. The molecule has 0 amide bonds. The van der Waals surface area contributed by atoms with E-state index in [2.05, 4.69) is 26.1 Å². The molecule has 5 nitrogen and oxygen atoms in total. The summed E-state index contributed by atoms with van der Waals surface area (Å²) in [6.07, 6.45) is 0. The summed E-state index contributed by atoms with van der Waals surface area (Å²) < 4.78 is 8.00. The van der Waals surface area contributed by atoms with Crippen LogP contribution in [0.2, 0.25) is 0 Å². The minimum atomic E-state index is 0.0386. The second-order valence-electron chi connectivity index (χ2n) is 5.09. The van der Waals surface area contributed by atoms with Gasteiger partial charge in [0.15, 0.2) is 16.8 Å². The van der Waals surface area contributed by atoms with Gasteiger partial charge in [-0.15, -0.1) is 21.5 Å². The number of thioether (sulfide) groups is 1. The molecule has 0 bridgehead atoms. The zero-order valence-electron chi connectivity index (χ0n) is 13.7. The maximum Gasteiger partial charge on any atom is 0.191 e. The van der Waals surface area contributed by atoms with Crippen molar-refractivity contribution in [2.24, 2.45) is 0 Å². The molecule has 1 aromatic carbocycles. The first-order chi connectivity index (χ1) is 12.1. The number of benzene rings is 1. The third-order valence-electron chi connectivity index (χ3n) is 3.58. The lowest BCUT2D eigenvalue weighted by Gasteiger charge is -2.07. The number of aromatic nitrogens is 3. The minimum absolute atomic E-state index is 0.0386. The molecule has 2 aromatic heterocycles. The molecule has 25 heavy (non-hydrogen) atoms. The number of hydrogen-bond acceptors (Lipinski definition) is 6. The van der Waals surface area contributed by atoms with Gasteiger partial charge in [0, 0.05) is 12.1 Å². The Kier molecular flexibility index (Phi) is 5.93. The van der Waals surface area contributed by atoms with Gasteiger partial charge in [-0.3, -0.25) is 4.79 Å². The number of ether oxygens (including phenoxy) is 1. The lowest BCUT2D eigenvalue weighted by Crippen LogP contribution is -2.05. The molecule has 3 aromatic rings. The number of ketones is 1. The van der Waals surface area contributed by atoms with Crippen LogP contribution in [0.4, 0.5) is 0 Å². The van der Waals surface area contributed by atoms with Gasteiger partial charge in [-0.25, -0.2) is 0 Å². The first-order valence-electron chi connectivity index (χ1n) is 7.60. The van der Waals surface area contributed by atoms with Gasteiger partial charge >= 0.3 is 0 Å². The Morgan fingerprint density at radius 3 is 2.84 bits per heavy atom. The molecule has 0 spiro atoms. The Morgan fingerprint density at radius 1 is 1.36 bits per heavy atom. The molecule has 2 heterocycles. The topological polar surface area (TPSA) is 57.0 Å². The van der Waals surface area contributed by atoms with Gasteiger partial charge in [-0.1, -0.05) is 17.8 Å². The van der Waals surface area contributed by atoms with E-state index in [1.165, 1.54) is 11.8 Å². The van der Waals surface area contributed by atoms with Gasteiger partial charge in [0.1, 0.15) is 5.75 Å². The van der Waals surface area contributed by atoms with E-state index in [0.29, 0.717) is 17.1 Å². The molecule has 0 saturated carbocycles. The van der Waals surface area contributed by atoms with Crippen LogP contribution < -0.4 is 4.74 Å². The van der Waals surface area contributed by atoms with Crippen LogP contribution in [0.15, 0.2) is 45.3 Å². The molecular weight excluding hydrogens is 422 g/mol. The zero-order chi connectivity index (χ0) is 17.8. The summed E-state index contributed by atoms with van der Waals surface area (Å²) in [6, 6.07) is 9.35. The number of methoxy groups -OCH3 is 1. The Bertz CT molecular complexity index is 878. The summed E-state index contributed by atoms with van der Waals surface area (Å²) in [4.78, 5) is 13.5. The first kappa shape index (κ1) is 18.2. The van der Waals surface area contributed by atoms with E-state index in [0.717, 1.165) is 26.9 Å². The van der Waals surface area contributed by atoms with Crippen molar-refractivity contribution in [1.82, 2.24) is 14.8 Å². The van der Waals surface area contributed by atoms with Crippen molar-refractivity contribution in [3.8, 4) is 16.5 Å². The van der Waals surface area contributed by atoms with Crippen molar-refractivity contribution in [2.45, 2.75) is 18.6 Å². The van der Waals surface area contributed by atoms with Crippen LogP contribution in [0, 0.1) is 0 Å². The number of carbonyl (C=O) groups is 1. The minimum Gasteiger partial charge on any atom is -0.496 e. The summed E-state index contributed by atoms with van der Waals surface area (Å²) in [7, 11) is 1.60. The van der Waals surface area contributed by atoms with Gasteiger partial charge in [0.2, 0.25) is 0 Å². The number of rotatable bonds is 7. The largest absolute Gasteiger partial charge is 0.496 e. The molecule has 3 rings (SSSR count). The Hall–Kier alpha value is -1.64. The predicted octanol–water partition coefficient (Wildman–Crippen LogP) is 4.77. The summed E-state index contributed by atoms with van der Waals surface area (Å²) in [6.45, 7) is 2.80. The predicted molar refractivity (Wildman–Crippen MR) is 105 cm³/mol. The second kappa shape index (κ2) is 8.16. The molecule has 0 aliphatic heterocycles. The van der Waals surface area contributed by atoms with Gasteiger partial charge < -0.3 is 9.30 Å². The standard InChI is InChI=1S/C17H16BrN3O2S2/c1-3-21-16(15-5-4-8-24-15)19-20-17(21)25-10-13(22)11-6-7-14(23-2)12(18)9-11/h4-9H,3,10H2,1-2H3. The normalized spacial score (nSPS) is 10.8. The Labute approximate surface area is 162 Å². The fraction of sp³-hybridized carbons (Fsp3) is 0.235. The fourth-order valence-electron chi connectivity index (χ4n) is 2.32. The van der Waals surface area contributed by atoms with E-state index >= 15 is 0 Å². The average Bonchev–Trinajstić information content (AvgIpc) is 3.28. The highest BCUT2D eigenvalue weighted by Crippen LogP contribution is 2.29. The van der Waals surface area contributed by atoms with Gasteiger partial charge in [0.05, 0.1) is 22.2 Å². The number of halogens is 1. The van der Waals surface area contributed by atoms with E-state index in [9.17, 15) is 4.79 Å². The highest BCUT2D eigenvalue weighted by Gasteiger charge is 2.16. The van der Waals surface area contributed by atoms with Crippen molar-refractivity contribution in [3.63, 3.8) is 0 Å². The van der Waals surface area contributed by atoms with Gasteiger partial charge in [0.25, 0.3) is 0 Å². The smallest absolute Gasteiger partial charge is 0.191 e. The average molecular weight is 438 g/mol. The van der Waals surface area contributed by atoms with Crippen molar-refractivity contribution in [1.29, 1.82) is 0 Å². The van der Waals surface area contributed by atoms with Crippen molar-refractivity contribution < 1.29 is 9.53 Å². The van der Waals surface area contributed by atoms with Crippen molar-refractivity contribution in [2.75, 3.05) is 12.9 Å². The Balaban J connectivity index is 1.73. The summed E-state index contributed by atoms with van der Waals surface area (Å²) in [5.74, 6) is 1.90. The quantitative estimate of drug-likeness (QED) is 0.393. The van der Waals surface area contributed by atoms with Gasteiger partial charge in [-0.05, 0) is 52.5 Å². The van der Waals surface area contributed by atoms with E-state index in [1.54, 1.807) is 36.6 Å². The van der Waals surface area contributed by atoms with Crippen LogP contribution in [0.3, 0.4) is 0 Å². The zero-order valence-corrected chi connectivity index (χ0v) is 16.9.